The summed E-state index contributed by atoms with van der Waals surface area (Å²) >= 11 is 6.03. The van der Waals surface area contributed by atoms with Crippen LogP contribution < -0.4 is 16.1 Å². The van der Waals surface area contributed by atoms with Gasteiger partial charge < -0.3 is 19.8 Å². The van der Waals surface area contributed by atoms with E-state index >= 15 is 0 Å². The van der Waals surface area contributed by atoms with E-state index in [1.54, 1.807) is 48.7 Å². The summed E-state index contributed by atoms with van der Waals surface area (Å²) in [4.78, 5) is 53.0. The molecule has 0 fully saturated rings. The van der Waals surface area contributed by atoms with Crippen molar-refractivity contribution in [3.8, 4) is 0 Å². The van der Waals surface area contributed by atoms with Gasteiger partial charge in [0, 0.05) is 11.9 Å². The van der Waals surface area contributed by atoms with Crippen molar-refractivity contribution in [3.63, 3.8) is 0 Å². The van der Waals surface area contributed by atoms with Gasteiger partial charge in [-0.1, -0.05) is 11.6 Å². The number of amides is 3. The van der Waals surface area contributed by atoms with E-state index in [0.29, 0.717) is 44.8 Å². The molecule has 39 heavy (non-hydrogen) atoms. The first kappa shape index (κ1) is 27.1. The molecule has 4 aromatic rings. The number of hydrazone groups is 1. The lowest BCUT2D eigenvalue weighted by molar-refractivity contribution is -0.136. The van der Waals surface area contributed by atoms with Crippen LogP contribution in [0.15, 0.2) is 64.2 Å². The number of nitrogens with one attached hydrogen (secondary N) is 3. The number of ether oxygens (including phenoxy) is 1. The molecule has 0 radical (unpaired) electrons. The van der Waals surface area contributed by atoms with Crippen molar-refractivity contribution in [2.24, 2.45) is 5.10 Å². The van der Waals surface area contributed by atoms with Crippen LogP contribution in [0.4, 0.5) is 5.69 Å². The molecule has 3 amide bonds. The maximum Gasteiger partial charge on any atom is 0.338 e. The largest absolute Gasteiger partial charge is 0.462 e. The topological polar surface area (TPSA) is 156 Å². The Hall–Kier alpha value is -4.97. The third-order valence-electron chi connectivity index (χ3n) is 5.30. The lowest BCUT2D eigenvalue weighted by atomic mass is 10.2. The highest BCUT2D eigenvalue weighted by Gasteiger charge is 2.17. The van der Waals surface area contributed by atoms with Gasteiger partial charge in [0.05, 0.1) is 35.6 Å². The van der Waals surface area contributed by atoms with Gasteiger partial charge >= 0.3 is 17.8 Å². The van der Waals surface area contributed by atoms with Gasteiger partial charge in [-0.05, 0) is 62.4 Å². The zero-order valence-corrected chi connectivity index (χ0v) is 21.6. The molecule has 0 aliphatic carbocycles. The van der Waals surface area contributed by atoms with E-state index in [-0.39, 0.29) is 13.2 Å². The van der Waals surface area contributed by atoms with E-state index in [1.807, 2.05) is 0 Å². The van der Waals surface area contributed by atoms with Gasteiger partial charge in [-0.2, -0.15) is 5.10 Å². The number of aromatic nitrogens is 2. The van der Waals surface area contributed by atoms with Gasteiger partial charge in [0.15, 0.2) is 0 Å². The van der Waals surface area contributed by atoms with Crippen LogP contribution in [-0.4, -0.2) is 45.9 Å². The van der Waals surface area contributed by atoms with Crippen LogP contribution in [0, 0.1) is 6.92 Å². The summed E-state index contributed by atoms with van der Waals surface area (Å²) in [6.07, 6.45) is 2.88. The van der Waals surface area contributed by atoms with Crippen LogP contribution in [0.2, 0.25) is 5.02 Å². The molecular weight excluding hydrogens is 528 g/mol. The number of halogens is 1. The molecule has 0 atom stereocenters. The molecule has 0 aliphatic rings. The monoisotopic (exact) mass is 550 g/mol. The van der Waals surface area contributed by atoms with Crippen molar-refractivity contribution >= 4 is 52.8 Å². The van der Waals surface area contributed by atoms with Crippen molar-refractivity contribution in [2.75, 3.05) is 11.9 Å². The van der Waals surface area contributed by atoms with Crippen LogP contribution >= 0.6 is 11.6 Å². The molecule has 0 spiro atoms. The summed E-state index contributed by atoms with van der Waals surface area (Å²) < 4.78 is 12.0. The smallest absolute Gasteiger partial charge is 0.338 e. The Labute approximate surface area is 227 Å². The minimum Gasteiger partial charge on any atom is -0.462 e. The molecule has 200 valence electrons. The number of carbonyl (C=O) groups is 4. The number of fused-ring (bicyclic) bond motifs is 1. The fourth-order valence-corrected chi connectivity index (χ4v) is 3.68. The molecule has 3 N–H and O–H groups in total. The van der Waals surface area contributed by atoms with E-state index in [4.69, 9.17) is 20.8 Å². The van der Waals surface area contributed by atoms with Gasteiger partial charge in [0.2, 0.25) is 0 Å². The summed E-state index contributed by atoms with van der Waals surface area (Å²) in [5.41, 5.74) is 4.46. The maximum absolute atomic E-state index is 12.6. The maximum atomic E-state index is 12.6. The molecule has 3 heterocycles. The fourth-order valence-electron chi connectivity index (χ4n) is 3.52. The minimum atomic E-state index is -0.890. The molecule has 0 bridgehead atoms. The van der Waals surface area contributed by atoms with Crippen molar-refractivity contribution in [1.82, 2.24) is 20.1 Å². The second-order valence-corrected chi connectivity index (χ2v) is 8.50. The number of hydrogen-bond donors (Lipinski definition) is 3. The Morgan fingerprint density at radius 1 is 1.08 bits per heavy atom. The lowest BCUT2D eigenvalue weighted by Gasteiger charge is -2.06. The third kappa shape index (κ3) is 6.67. The fraction of sp³-hybridized carbons (Fsp3) is 0.154. The van der Waals surface area contributed by atoms with E-state index in [2.05, 4.69) is 26.1 Å². The van der Waals surface area contributed by atoms with Crippen LogP contribution in [0.3, 0.4) is 0 Å². The SMILES string of the molecule is CCOC(=O)c1ccc(NC(=O)C(=O)NCc2ccc(/C=N/NC(=O)c3c(C)nc4ccc(Cl)cn34)o2)cc1. The van der Waals surface area contributed by atoms with E-state index in [9.17, 15) is 19.2 Å². The first-order valence-corrected chi connectivity index (χ1v) is 12.1. The summed E-state index contributed by atoms with van der Waals surface area (Å²) in [6, 6.07) is 12.5. The number of aryl methyl sites for hydroxylation is 1. The number of esters is 1. The number of imidazole rings is 1. The number of hydrogen-bond acceptors (Lipinski definition) is 8. The highest BCUT2D eigenvalue weighted by Crippen LogP contribution is 2.16. The molecule has 1 aromatic carbocycles. The van der Waals surface area contributed by atoms with Gasteiger partial charge in [0.25, 0.3) is 5.91 Å². The number of nitrogens with zero attached hydrogens (tertiary/aromatic N) is 3. The number of anilines is 1. The Kier molecular flexibility index (Phi) is 8.37. The van der Waals surface area contributed by atoms with Crippen molar-refractivity contribution in [2.45, 2.75) is 20.4 Å². The average molecular weight is 551 g/mol. The molecule has 12 nitrogen and oxygen atoms in total. The standard InChI is InChI=1S/C26H23ClN6O6/c1-3-38-26(37)16-4-7-18(8-5-16)31-25(36)24(35)28-12-19-9-10-20(39-19)13-29-32-23(34)22-15(2)30-21-11-6-17(27)14-33(21)22/h4-11,13-14H,3,12H2,1-2H3,(H,28,35)(H,31,36)(H,32,34)/b29-13+. The van der Waals surface area contributed by atoms with Crippen LogP contribution in [0.1, 0.15) is 45.0 Å². The molecule has 0 saturated carbocycles. The zero-order valence-electron chi connectivity index (χ0n) is 20.9. The number of benzene rings is 1. The normalized spacial score (nSPS) is 10.9. The molecule has 13 heteroatoms. The van der Waals surface area contributed by atoms with Crippen molar-refractivity contribution in [3.05, 3.63) is 88.2 Å². The molecule has 0 saturated heterocycles. The Morgan fingerprint density at radius 2 is 1.85 bits per heavy atom. The minimum absolute atomic E-state index is 0.0595. The summed E-state index contributed by atoms with van der Waals surface area (Å²) in [6.45, 7) is 3.59. The average Bonchev–Trinajstić information content (AvgIpc) is 3.50. The molecule has 4 rings (SSSR count). The van der Waals surface area contributed by atoms with E-state index in [0.717, 1.165) is 0 Å². The predicted octanol–water partition coefficient (Wildman–Crippen LogP) is 3.08. The quantitative estimate of drug-likeness (QED) is 0.132. The van der Waals surface area contributed by atoms with Gasteiger partial charge in [-0.3, -0.25) is 18.8 Å². The summed E-state index contributed by atoms with van der Waals surface area (Å²) in [5, 5.41) is 9.25. The molecule has 0 unspecified atom stereocenters. The Morgan fingerprint density at radius 3 is 2.59 bits per heavy atom. The second-order valence-electron chi connectivity index (χ2n) is 8.06. The van der Waals surface area contributed by atoms with Gasteiger partial charge in [-0.25, -0.2) is 15.2 Å². The van der Waals surface area contributed by atoms with Crippen LogP contribution in [-0.2, 0) is 20.9 Å². The second kappa shape index (κ2) is 12.0. The predicted molar refractivity (Wildman–Crippen MR) is 142 cm³/mol. The number of pyridine rings is 1. The lowest BCUT2D eigenvalue weighted by Crippen LogP contribution is -2.34. The van der Waals surface area contributed by atoms with E-state index in [1.165, 1.54) is 30.5 Å². The van der Waals surface area contributed by atoms with Crippen molar-refractivity contribution < 1.29 is 28.3 Å². The van der Waals surface area contributed by atoms with E-state index < -0.39 is 23.7 Å². The Bertz CT molecular complexity index is 1570. The summed E-state index contributed by atoms with van der Waals surface area (Å²) in [7, 11) is 0. The van der Waals surface area contributed by atoms with Crippen LogP contribution in [0.25, 0.3) is 5.65 Å². The third-order valence-corrected chi connectivity index (χ3v) is 5.52. The van der Waals surface area contributed by atoms with Gasteiger partial charge in [-0.15, -0.1) is 0 Å². The number of carbonyl (C=O) groups excluding carboxylic acids is 4. The summed E-state index contributed by atoms with van der Waals surface area (Å²) in [5.74, 6) is -2.07. The number of rotatable bonds is 8. The Balaban J connectivity index is 1.27. The zero-order chi connectivity index (χ0) is 27.9. The highest BCUT2D eigenvalue weighted by atomic mass is 35.5. The molecule has 3 aromatic heterocycles. The first-order chi connectivity index (χ1) is 18.7. The molecule has 0 aliphatic heterocycles. The van der Waals surface area contributed by atoms with Crippen molar-refractivity contribution in [1.29, 1.82) is 0 Å². The first-order valence-electron chi connectivity index (χ1n) is 11.7. The van der Waals surface area contributed by atoms with Gasteiger partial charge in [0.1, 0.15) is 22.9 Å². The molecular formula is C26H23ClN6O6. The van der Waals surface area contributed by atoms with Crippen LogP contribution in [0.5, 0.6) is 0 Å². The highest BCUT2D eigenvalue weighted by molar-refractivity contribution is 6.39. The number of furan rings is 1.